The van der Waals surface area contributed by atoms with Gasteiger partial charge in [-0.25, -0.2) is 0 Å². The van der Waals surface area contributed by atoms with Gasteiger partial charge >= 0.3 is 0 Å². The molecule has 0 unspecified atom stereocenters. The van der Waals surface area contributed by atoms with Crippen LogP contribution in [0.2, 0.25) is 0 Å². The third kappa shape index (κ3) is 4.24. The Bertz CT molecular complexity index is 231. The Kier molecular flexibility index (Phi) is 5.76. The Labute approximate surface area is 95.6 Å². The minimum atomic E-state index is -0.00579. The van der Waals surface area contributed by atoms with Crippen LogP contribution in [0.5, 0.6) is 0 Å². The van der Waals surface area contributed by atoms with Gasteiger partial charge in [-0.3, -0.25) is 14.5 Å². The van der Waals surface area contributed by atoms with Crippen LogP contribution in [-0.2, 0) is 9.59 Å². The summed E-state index contributed by atoms with van der Waals surface area (Å²) >= 11 is 1.58. The number of carbonyl (C=O) groups excluding carboxylic acids is 2. The average molecular weight is 229 g/mol. The SMILES string of the molecule is CCSCC(=O)N1CCCCCCC1=O. The number of hydrogen-bond acceptors (Lipinski definition) is 3. The molecule has 15 heavy (non-hydrogen) atoms. The minimum Gasteiger partial charge on any atom is -0.282 e. The van der Waals surface area contributed by atoms with Gasteiger partial charge in [-0.15, -0.1) is 0 Å². The van der Waals surface area contributed by atoms with Gasteiger partial charge in [-0.05, 0) is 18.6 Å². The Morgan fingerprint density at radius 2 is 2.07 bits per heavy atom. The number of carbonyl (C=O) groups is 2. The molecule has 0 aliphatic carbocycles. The summed E-state index contributed by atoms with van der Waals surface area (Å²) in [6.45, 7) is 2.65. The monoisotopic (exact) mass is 229 g/mol. The molecule has 4 heteroatoms. The highest BCUT2D eigenvalue weighted by molar-refractivity contribution is 7.99. The number of nitrogens with zero attached hydrogens (tertiary/aromatic N) is 1. The maximum absolute atomic E-state index is 11.7. The zero-order chi connectivity index (χ0) is 11.1. The van der Waals surface area contributed by atoms with Crippen LogP contribution < -0.4 is 0 Å². The van der Waals surface area contributed by atoms with Gasteiger partial charge < -0.3 is 0 Å². The molecule has 1 heterocycles. The fourth-order valence-corrected chi connectivity index (χ4v) is 2.23. The molecule has 1 fully saturated rings. The van der Waals surface area contributed by atoms with Crippen molar-refractivity contribution in [3.8, 4) is 0 Å². The zero-order valence-corrected chi connectivity index (χ0v) is 10.1. The molecule has 0 atom stereocenters. The van der Waals surface area contributed by atoms with Crippen molar-refractivity contribution in [3.05, 3.63) is 0 Å². The Balaban J connectivity index is 2.47. The number of likely N-dealkylation sites (tertiary alicyclic amines) is 1. The summed E-state index contributed by atoms with van der Waals surface area (Å²) in [5.41, 5.74) is 0. The van der Waals surface area contributed by atoms with Gasteiger partial charge in [-0.1, -0.05) is 19.8 Å². The summed E-state index contributed by atoms with van der Waals surface area (Å²) < 4.78 is 0. The summed E-state index contributed by atoms with van der Waals surface area (Å²) in [5.74, 6) is 1.39. The van der Waals surface area contributed by atoms with Crippen molar-refractivity contribution in [1.29, 1.82) is 0 Å². The van der Waals surface area contributed by atoms with Crippen LogP contribution in [0.1, 0.15) is 39.0 Å². The summed E-state index contributed by atoms with van der Waals surface area (Å²) in [5, 5.41) is 0. The number of thioether (sulfide) groups is 1. The standard InChI is InChI=1S/C11H19NO2S/c1-2-15-9-11(14)12-8-6-4-3-5-7-10(12)13/h2-9H2,1H3. The average Bonchev–Trinajstić information content (AvgIpc) is 2.20. The first-order valence-electron chi connectivity index (χ1n) is 5.66. The maximum Gasteiger partial charge on any atom is 0.239 e. The highest BCUT2D eigenvalue weighted by Crippen LogP contribution is 2.13. The van der Waals surface area contributed by atoms with Crippen molar-refractivity contribution >= 4 is 23.6 Å². The molecular weight excluding hydrogens is 210 g/mol. The van der Waals surface area contributed by atoms with Crippen LogP contribution >= 0.6 is 11.8 Å². The first-order chi connectivity index (χ1) is 7.25. The van der Waals surface area contributed by atoms with Gasteiger partial charge in [0.25, 0.3) is 0 Å². The van der Waals surface area contributed by atoms with E-state index in [4.69, 9.17) is 0 Å². The molecular formula is C11H19NO2S. The molecule has 0 saturated carbocycles. The van der Waals surface area contributed by atoms with E-state index in [2.05, 4.69) is 0 Å². The van der Waals surface area contributed by atoms with Crippen LogP contribution in [0.4, 0.5) is 0 Å². The van der Waals surface area contributed by atoms with E-state index in [1.54, 1.807) is 11.8 Å². The van der Waals surface area contributed by atoms with E-state index in [0.717, 1.165) is 31.4 Å². The molecule has 2 amide bonds. The van der Waals surface area contributed by atoms with Crippen LogP contribution in [0.15, 0.2) is 0 Å². The van der Waals surface area contributed by atoms with Gasteiger partial charge in [0.05, 0.1) is 5.75 Å². The number of hydrogen-bond donors (Lipinski definition) is 0. The highest BCUT2D eigenvalue weighted by atomic mass is 32.2. The molecule has 1 rings (SSSR count). The molecule has 0 spiro atoms. The largest absolute Gasteiger partial charge is 0.282 e. The van der Waals surface area contributed by atoms with E-state index >= 15 is 0 Å². The predicted molar refractivity (Wildman–Crippen MR) is 62.8 cm³/mol. The Hall–Kier alpha value is -0.510. The van der Waals surface area contributed by atoms with Crippen molar-refractivity contribution in [2.75, 3.05) is 18.1 Å². The number of imide groups is 1. The second-order valence-corrected chi connectivity index (χ2v) is 5.01. The molecule has 0 radical (unpaired) electrons. The van der Waals surface area contributed by atoms with Crippen LogP contribution in [0.3, 0.4) is 0 Å². The van der Waals surface area contributed by atoms with Crippen molar-refractivity contribution in [1.82, 2.24) is 4.90 Å². The van der Waals surface area contributed by atoms with Crippen molar-refractivity contribution in [2.24, 2.45) is 0 Å². The second-order valence-electron chi connectivity index (χ2n) is 3.74. The molecule has 3 nitrogen and oxygen atoms in total. The normalized spacial score (nSPS) is 18.5. The van der Waals surface area contributed by atoms with Crippen molar-refractivity contribution < 1.29 is 9.59 Å². The lowest BCUT2D eigenvalue weighted by Crippen LogP contribution is -2.39. The van der Waals surface area contributed by atoms with Gasteiger partial charge in [0.15, 0.2) is 0 Å². The van der Waals surface area contributed by atoms with Crippen LogP contribution in [0, 0.1) is 0 Å². The van der Waals surface area contributed by atoms with Crippen LogP contribution in [0.25, 0.3) is 0 Å². The van der Waals surface area contributed by atoms with E-state index in [1.807, 2.05) is 6.92 Å². The van der Waals surface area contributed by atoms with Gasteiger partial charge in [0.2, 0.25) is 11.8 Å². The van der Waals surface area contributed by atoms with E-state index in [0.29, 0.717) is 18.7 Å². The minimum absolute atomic E-state index is 0.00579. The van der Waals surface area contributed by atoms with Crippen LogP contribution in [-0.4, -0.2) is 34.8 Å². The molecule has 1 aliphatic rings. The summed E-state index contributed by atoms with van der Waals surface area (Å²) in [4.78, 5) is 24.8. The van der Waals surface area contributed by atoms with Crippen molar-refractivity contribution in [2.45, 2.75) is 39.0 Å². The van der Waals surface area contributed by atoms with E-state index in [1.165, 1.54) is 4.90 Å². The van der Waals surface area contributed by atoms with Gasteiger partial charge in [0, 0.05) is 13.0 Å². The van der Waals surface area contributed by atoms with E-state index in [9.17, 15) is 9.59 Å². The van der Waals surface area contributed by atoms with E-state index < -0.39 is 0 Å². The lowest BCUT2D eigenvalue weighted by atomic mass is 10.1. The summed E-state index contributed by atoms with van der Waals surface area (Å²) in [7, 11) is 0. The Morgan fingerprint density at radius 3 is 2.80 bits per heavy atom. The molecule has 0 bridgehead atoms. The van der Waals surface area contributed by atoms with Gasteiger partial charge in [-0.2, -0.15) is 11.8 Å². The second kappa shape index (κ2) is 6.88. The summed E-state index contributed by atoms with van der Waals surface area (Å²) in [6, 6.07) is 0. The fraction of sp³-hybridized carbons (Fsp3) is 0.818. The topological polar surface area (TPSA) is 37.4 Å². The lowest BCUT2D eigenvalue weighted by molar-refractivity contribution is -0.143. The quantitative estimate of drug-likeness (QED) is 0.743. The first-order valence-corrected chi connectivity index (χ1v) is 6.82. The number of rotatable bonds is 3. The summed E-state index contributed by atoms with van der Waals surface area (Å²) in [6.07, 6.45) is 4.70. The van der Waals surface area contributed by atoms with E-state index in [-0.39, 0.29) is 11.8 Å². The molecule has 0 aromatic carbocycles. The lowest BCUT2D eigenvalue weighted by Gasteiger charge is -2.22. The third-order valence-electron chi connectivity index (χ3n) is 2.55. The molecule has 0 aromatic rings. The first kappa shape index (κ1) is 12.6. The molecule has 0 N–H and O–H groups in total. The fourth-order valence-electron chi connectivity index (χ4n) is 1.69. The number of amides is 2. The smallest absolute Gasteiger partial charge is 0.239 e. The molecule has 1 saturated heterocycles. The molecule has 0 aromatic heterocycles. The third-order valence-corrected chi connectivity index (χ3v) is 3.41. The Morgan fingerprint density at radius 1 is 1.33 bits per heavy atom. The predicted octanol–water partition coefficient (Wildman–Crippen LogP) is 2.06. The highest BCUT2D eigenvalue weighted by Gasteiger charge is 2.21. The zero-order valence-electron chi connectivity index (χ0n) is 9.33. The maximum atomic E-state index is 11.7. The molecule has 1 aliphatic heterocycles. The van der Waals surface area contributed by atoms with Crippen molar-refractivity contribution in [3.63, 3.8) is 0 Å². The van der Waals surface area contributed by atoms with Gasteiger partial charge in [0.1, 0.15) is 0 Å². The molecule has 86 valence electrons.